The Morgan fingerprint density at radius 1 is 1.20 bits per heavy atom. The molecule has 25 heavy (non-hydrogen) atoms. The van der Waals surface area contributed by atoms with Crippen molar-refractivity contribution in [2.24, 2.45) is 0 Å². The molecule has 142 valence electrons. The molecule has 1 unspecified atom stereocenters. The summed E-state index contributed by atoms with van der Waals surface area (Å²) in [6.45, 7) is 12.3. The number of carbonyl (C=O) groups is 1. The average Bonchev–Trinajstić information content (AvgIpc) is 2.63. The minimum atomic E-state index is -0.449. The lowest BCUT2D eigenvalue weighted by Crippen LogP contribution is -2.34. The topological polar surface area (TPSA) is 60.0 Å². The van der Waals surface area contributed by atoms with Crippen molar-refractivity contribution in [1.29, 1.82) is 0 Å². The van der Waals surface area contributed by atoms with Gasteiger partial charge < -0.3 is 24.4 Å². The summed E-state index contributed by atoms with van der Waals surface area (Å²) >= 11 is 0. The number of nitrogens with zero attached hydrogens (tertiary/aromatic N) is 1. The molecule has 0 saturated heterocycles. The minimum absolute atomic E-state index is 0.125. The molecule has 1 aromatic carbocycles. The number of methoxy groups -OCH3 is 1. The van der Waals surface area contributed by atoms with Crippen LogP contribution in [-0.2, 0) is 16.1 Å². The molecule has 1 rings (SSSR count). The fourth-order valence-electron chi connectivity index (χ4n) is 2.42. The highest BCUT2D eigenvalue weighted by molar-refractivity contribution is 5.80. The Hall–Kier alpha value is -1.79. The van der Waals surface area contributed by atoms with E-state index in [0.717, 1.165) is 25.2 Å². The summed E-state index contributed by atoms with van der Waals surface area (Å²) in [7, 11) is 1.62. The third kappa shape index (κ3) is 7.32. The summed E-state index contributed by atoms with van der Waals surface area (Å²) in [4.78, 5) is 14.2. The van der Waals surface area contributed by atoms with Crippen LogP contribution in [0, 0.1) is 0 Å². The zero-order valence-electron chi connectivity index (χ0n) is 16.1. The van der Waals surface area contributed by atoms with E-state index < -0.39 is 6.10 Å². The highest BCUT2D eigenvalue weighted by Gasteiger charge is 2.13. The standard InChI is InChI=1S/C19H32N2O4/c1-6-21(7-2)11-12-25-17-10-9-16(13-18(17)23-5)14-20-19(22)15(4)24-8-3/h9-10,13,15H,6-8,11-12,14H2,1-5H3,(H,20,22). The number of likely N-dealkylation sites (N-methyl/N-ethyl adjacent to an activating group) is 1. The Bertz CT molecular complexity index is 518. The van der Waals surface area contributed by atoms with Crippen molar-refractivity contribution in [1.82, 2.24) is 10.2 Å². The molecule has 0 saturated carbocycles. The molecule has 6 heteroatoms. The SMILES string of the molecule is CCOC(C)C(=O)NCc1ccc(OCCN(CC)CC)c(OC)c1. The number of ether oxygens (including phenoxy) is 3. The molecule has 6 nitrogen and oxygen atoms in total. The largest absolute Gasteiger partial charge is 0.493 e. The Morgan fingerprint density at radius 3 is 2.52 bits per heavy atom. The smallest absolute Gasteiger partial charge is 0.249 e. The number of rotatable bonds is 12. The van der Waals surface area contributed by atoms with Crippen molar-refractivity contribution < 1.29 is 19.0 Å². The van der Waals surface area contributed by atoms with Crippen molar-refractivity contribution in [2.45, 2.75) is 40.3 Å². The van der Waals surface area contributed by atoms with Crippen LogP contribution in [0.3, 0.4) is 0 Å². The first kappa shape index (κ1) is 21.3. The quantitative estimate of drug-likeness (QED) is 0.626. The van der Waals surface area contributed by atoms with Gasteiger partial charge in [-0.15, -0.1) is 0 Å². The second-order valence-electron chi connectivity index (χ2n) is 5.68. The molecular weight excluding hydrogens is 320 g/mol. The van der Waals surface area contributed by atoms with Crippen molar-refractivity contribution >= 4 is 5.91 Å². The molecule has 0 aliphatic carbocycles. The van der Waals surface area contributed by atoms with E-state index in [4.69, 9.17) is 14.2 Å². The Kier molecular flexibility index (Phi) is 9.96. The zero-order chi connectivity index (χ0) is 18.7. The molecule has 1 N–H and O–H groups in total. The second-order valence-corrected chi connectivity index (χ2v) is 5.68. The van der Waals surface area contributed by atoms with E-state index >= 15 is 0 Å². The molecule has 1 atom stereocenters. The fourth-order valence-corrected chi connectivity index (χ4v) is 2.42. The summed E-state index contributed by atoms with van der Waals surface area (Å²) in [6, 6.07) is 5.70. The number of hydrogen-bond acceptors (Lipinski definition) is 5. The number of nitrogens with one attached hydrogen (secondary N) is 1. The molecule has 0 aliphatic heterocycles. The van der Waals surface area contributed by atoms with Crippen molar-refractivity contribution in [3.8, 4) is 11.5 Å². The summed E-state index contributed by atoms with van der Waals surface area (Å²) in [5, 5.41) is 2.86. The van der Waals surface area contributed by atoms with Crippen LogP contribution in [0.1, 0.15) is 33.3 Å². The highest BCUT2D eigenvalue weighted by atomic mass is 16.5. The van der Waals surface area contributed by atoms with Gasteiger partial charge in [0.25, 0.3) is 0 Å². The van der Waals surface area contributed by atoms with Crippen LogP contribution in [-0.4, -0.2) is 56.9 Å². The van der Waals surface area contributed by atoms with Crippen LogP contribution >= 0.6 is 0 Å². The van der Waals surface area contributed by atoms with E-state index in [1.807, 2.05) is 25.1 Å². The summed E-state index contributed by atoms with van der Waals surface area (Å²) in [5.74, 6) is 1.26. The van der Waals surface area contributed by atoms with Gasteiger partial charge in [0, 0.05) is 19.7 Å². The third-order valence-electron chi connectivity index (χ3n) is 4.04. The van der Waals surface area contributed by atoms with Gasteiger partial charge in [-0.25, -0.2) is 0 Å². The van der Waals surface area contributed by atoms with Crippen molar-refractivity contribution in [2.75, 3.05) is 40.0 Å². The van der Waals surface area contributed by atoms with E-state index in [-0.39, 0.29) is 5.91 Å². The molecule has 0 aliphatic rings. The van der Waals surface area contributed by atoms with Crippen LogP contribution < -0.4 is 14.8 Å². The predicted molar refractivity (Wildman–Crippen MR) is 99.2 cm³/mol. The zero-order valence-corrected chi connectivity index (χ0v) is 16.1. The number of amides is 1. The van der Waals surface area contributed by atoms with Crippen LogP contribution in [0.5, 0.6) is 11.5 Å². The fraction of sp³-hybridized carbons (Fsp3) is 0.632. The minimum Gasteiger partial charge on any atom is -0.493 e. The van der Waals surface area contributed by atoms with E-state index in [9.17, 15) is 4.79 Å². The van der Waals surface area contributed by atoms with Crippen LogP contribution in [0.15, 0.2) is 18.2 Å². The first-order valence-electron chi connectivity index (χ1n) is 8.96. The predicted octanol–water partition coefficient (Wildman–Crippen LogP) is 2.46. The summed E-state index contributed by atoms with van der Waals surface area (Å²) in [6.07, 6.45) is -0.449. The first-order chi connectivity index (χ1) is 12.0. The summed E-state index contributed by atoms with van der Waals surface area (Å²) < 4.78 is 16.5. The maximum atomic E-state index is 11.9. The number of hydrogen-bond donors (Lipinski definition) is 1. The lowest BCUT2D eigenvalue weighted by molar-refractivity contribution is -0.131. The van der Waals surface area contributed by atoms with Crippen molar-refractivity contribution in [3.05, 3.63) is 23.8 Å². The van der Waals surface area contributed by atoms with Gasteiger partial charge in [0.15, 0.2) is 11.5 Å². The van der Waals surface area contributed by atoms with Gasteiger partial charge in [-0.3, -0.25) is 4.79 Å². The maximum Gasteiger partial charge on any atom is 0.249 e. The molecular formula is C19H32N2O4. The molecule has 0 heterocycles. The van der Waals surface area contributed by atoms with Gasteiger partial charge in [-0.1, -0.05) is 19.9 Å². The molecule has 0 bridgehead atoms. The average molecular weight is 352 g/mol. The highest BCUT2D eigenvalue weighted by Crippen LogP contribution is 2.28. The molecule has 0 spiro atoms. The lowest BCUT2D eigenvalue weighted by atomic mass is 10.2. The second kappa shape index (κ2) is 11.7. The van der Waals surface area contributed by atoms with Gasteiger partial charge in [-0.2, -0.15) is 0 Å². The van der Waals surface area contributed by atoms with Gasteiger partial charge in [0.1, 0.15) is 12.7 Å². The lowest BCUT2D eigenvalue weighted by Gasteiger charge is -2.19. The molecule has 0 aromatic heterocycles. The molecule has 1 aromatic rings. The number of benzene rings is 1. The van der Waals surface area contributed by atoms with Gasteiger partial charge in [0.05, 0.1) is 7.11 Å². The normalized spacial score (nSPS) is 12.1. The Labute approximate surface area is 151 Å². The Balaban J connectivity index is 2.58. The van der Waals surface area contributed by atoms with Gasteiger partial charge in [0.2, 0.25) is 5.91 Å². The third-order valence-corrected chi connectivity index (χ3v) is 4.04. The van der Waals surface area contributed by atoms with Crippen LogP contribution in [0.2, 0.25) is 0 Å². The van der Waals surface area contributed by atoms with E-state index in [2.05, 4.69) is 24.1 Å². The number of carbonyl (C=O) groups excluding carboxylic acids is 1. The van der Waals surface area contributed by atoms with E-state index in [1.54, 1.807) is 14.0 Å². The molecule has 0 radical (unpaired) electrons. The summed E-state index contributed by atoms with van der Waals surface area (Å²) in [5.41, 5.74) is 0.949. The van der Waals surface area contributed by atoms with Gasteiger partial charge in [-0.05, 0) is 44.6 Å². The van der Waals surface area contributed by atoms with Gasteiger partial charge >= 0.3 is 0 Å². The first-order valence-corrected chi connectivity index (χ1v) is 8.96. The molecule has 0 fully saturated rings. The Morgan fingerprint density at radius 2 is 1.92 bits per heavy atom. The maximum absolute atomic E-state index is 11.9. The monoisotopic (exact) mass is 352 g/mol. The van der Waals surface area contributed by atoms with E-state index in [1.165, 1.54) is 0 Å². The van der Waals surface area contributed by atoms with E-state index in [0.29, 0.717) is 31.3 Å². The van der Waals surface area contributed by atoms with Crippen LogP contribution in [0.25, 0.3) is 0 Å². The van der Waals surface area contributed by atoms with Crippen molar-refractivity contribution in [3.63, 3.8) is 0 Å². The molecule has 1 amide bonds. The van der Waals surface area contributed by atoms with Crippen LogP contribution in [0.4, 0.5) is 0 Å².